The van der Waals surface area contributed by atoms with Crippen LogP contribution in [0.4, 0.5) is 5.69 Å². The zero-order valence-corrected chi connectivity index (χ0v) is 12.4. The molecule has 0 aliphatic carbocycles. The number of likely N-dealkylation sites (tertiary alicyclic amines) is 1. The standard InChI is InChI=1S/C16H22N2O3/c1-12(19)13-5-6-15(14(17)11-13)21-10-7-16(20)18-8-3-2-4-9-18/h5-6,11H,2-4,7-10,17H2,1H3. The van der Waals surface area contributed by atoms with Crippen molar-refractivity contribution in [3.63, 3.8) is 0 Å². The Kier molecular flexibility index (Phi) is 5.20. The van der Waals surface area contributed by atoms with E-state index in [4.69, 9.17) is 10.5 Å². The number of carbonyl (C=O) groups is 2. The molecule has 0 unspecified atom stereocenters. The molecule has 1 saturated heterocycles. The van der Waals surface area contributed by atoms with Crippen molar-refractivity contribution in [2.75, 3.05) is 25.4 Å². The van der Waals surface area contributed by atoms with Crippen LogP contribution in [-0.4, -0.2) is 36.3 Å². The Bertz CT molecular complexity index is 522. The number of carbonyl (C=O) groups excluding carboxylic acids is 2. The first-order chi connectivity index (χ1) is 10.1. The van der Waals surface area contributed by atoms with Gasteiger partial charge in [0.1, 0.15) is 5.75 Å². The number of Topliss-reactive ketones (excluding diaryl/α,β-unsaturated/α-hetero) is 1. The quantitative estimate of drug-likeness (QED) is 0.667. The predicted molar refractivity (Wildman–Crippen MR) is 81.4 cm³/mol. The molecule has 2 rings (SSSR count). The molecular formula is C16H22N2O3. The van der Waals surface area contributed by atoms with E-state index in [-0.39, 0.29) is 11.7 Å². The summed E-state index contributed by atoms with van der Waals surface area (Å²) in [5.41, 5.74) is 6.83. The van der Waals surface area contributed by atoms with Gasteiger partial charge >= 0.3 is 0 Å². The van der Waals surface area contributed by atoms with Crippen molar-refractivity contribution >= 4 is 17.4 Å². The number of ether oxygens (including phenoxy) is 1. The Hall–Kier alpha value is -2.04. The molecule has 1 amide bonds. The van der Waals surface area contributed by atoms with Crippen LogP contribution in [0.15, 0.2) is 18.2 Å². The number of amides is 1. The van der Waals surface area contributed by atoms with E-state index < -0.39 is 0 Å². The highest BCUT2D eigenvalue weighted by atomic mass is 16.5. The van der Waals surface area contributed by atoms with Gasteiger partial charge in [0.15, 0.2) is 5.78 Å². The molecular weight excluding hydrogens is 268 g/mol. The fourth-order valence-electron chi connectivity index (χ4n) is 2.45. The zero-order valence-electron chi connectivity index (χ0n) is 12.4. The largest absolute Gasteiger partial charge is 0.491 e. The lowest BCUT2D eigenvalue weighted by Gasteiger charge is -2.26. The average Bonchev–Trinajstić information content (AvgIpc) is 2.49. The van der Waals surface area contributed by atoms with E-state index in [9.17, 15) is 9.59 Å². The molecule has 1 aliphatic rings. The second kappa shape index (κ2) is 7.11. The molecule has 1 fully saturated rings. The second-order valence-corrected chi connectivity index (χ2v) is 5.35. The maximum Gasteiger partial charge on any atom is 0.225 e. The summed E-state index contributed by atoms with van der Waals surface area (Å²) < 4.78 is 5.55. The number of benzene rings is 1. The van der Waals surface area contributed by atoms with Gasteiger partial charge in [0, 0.05) is 18.7 Å². The molecule has 0 saturated carbocycles. The van der Waals surface area contributed by atoms with Gasteiger partial charge in [0.25, 0.3) is 0 Å². The van der Waals surface area contributed by atoms with Gasteiger partial charge in [0.2, 0.25) is 5.91 Å². The topological polar surface area (TPSA) is 72.6 Å². The number of rotatable bonds is 5. The number of nitrogens with two attached hydrogens (primary N) is 1. The molecule has 21 heavy (non-hydrogen) atoms. The number of hydrogen-bond acceptors (Lipinski definition) is 4. The Balaban J connectivity index is 1.83. The molecule has 1 aromatic rings. The third-order valence-electron chi connectivity index (χ3n) is 3.70. The number of nitrogen functional groups attached to an aromatic ring is 1. The number of nitrogens with zero attached hydrogens (tertiary/aromatic N) is 1. The molecule has 5 heteroatoms. The van der Waals surface area contributed by atoms with Crippen LogP contribution in [0.25, 0.3) is 0 Å². The van der Waals surface area contributed by atoms with Gasteiger partial charge in [-0.25, -0.2) is 0 Å². The number of ketones is 1. The van der Waals surface area contributed by atoms with Gasteiger partial charge in [0.05, 0.1) is 18.7 Å². The highest BCUT2D eigenvalue weighted by molar-refractivity contribution is 5.95. The van der Waals surface area contributed by atoms with Crippen LogP contribution in [-0.2, 0) is 4.79 Å². The fourth-order valence-corrected chi connectivity index (χ4v) is 2.45. The molecule has 0 bridgehead atoms. The van der Waals surface area contributed by atoms with Crippen LogP contribution in [0.2, 0.25) is 0 Å². The van der Waals surface area contributed by atoms with Crippen molar-refractivity contribution in [1.29, 1.82) is 0 Å². The van der Waals surface area contributed by atoms with Crippen LogP contribution < -0.4 is 10.5 Å². The number of hydrogen-bond donors (Lipinski definition) is 1. The molecule has 114 valence electrons. The van der Waals surface area contributed by atoms with E-state index in [2.05, 4.69) is 0 Å². The van der Waals surface area contributed by atoms with Crippen molar-refractivity contribution < 1.29 is 14.3 Å². The van der Waals surface area contributed by atoms with E-state index in [1.807, 2.05) is 4.90 Å². The van der Waals surface area contributed by atoms with Crippen LogP contribution in [0.3, 0.4) is 0 Å². The summed E-state index contributed by atoms with van der Waals surface area (Å²) in [7, 11) is 0. The lowest BCUT2D eigenvalue weighted by Crippen LogP contribution is -2.36. The minimum absolute atomic E-state index is 0.0338. The molecule has 1 aromatic carbocycles. The molecule has 2 N–H and O–H groups in total. The summed E-state index contributed by atoms with van der Waals surface area (Å²) >= 11 is 0. The number of piperidine rings is 1. The smallest absolute Gasteiger partial charge is 0.225 e. The monoisotopic (exact) mass is 290 g/mol. The van der Waals surface area contributed by atoms with Crippen LogP contribution in [0, 0.1) is 0 Å². The predicted octanol–water partition coefficient (Wildman–Crippen LogP) is 2.25. The second-order valence-electron chi connectivity index (χ2n) is 5.35. The molecule has 0 radical (unpaired) electrons. The summed E-state index contributed by atoms with van der Waals surface area (Å²) in [6.45, 7) is 3.51. The van der Waals surface area contributed by atoms with Gasteiger partial charge in [-0.15, -0.1) is 0 Å². The summed E-state index contributed by atoms with van der Waals surface area (Å²) in [5, 5.41) is 0. The first-order valence-corrected chi connectivity index (χ1v) is 7.39. The summed E-state index contributed by atoms with van der Waals surface area (Å²) in [5.74, 6) is 0.619. The molecule has 1 heterocycles. The lowest BCUT2D eigenvalue weighted by molar-refractivity contribution is -0.132. The fraction of sp³-hybridized carbons (Fsp3) is 0.500. The van der Waals surface area contributed by atoms with Crippen molar-refractivity contribution in [3.05, 3.63) is 23.8 Å². The van der Waals surface area contributed by atoms with Crippen LogP contribution >= 0.6 is 0 Å². The summed E-state index contributed by atoms with van der Waals surface area (Å²) in [4.78, 5) is 25.1. The maximum atomic E-state index is 12.0. The van der Waals surface area contributed by atoms with Crippen molar-refractivity contribution in [3.8, 4) is 5.75 Å². The van der Waals surface area contributed by atoms with Gasteiger partial charge in [-0.2, -0.15) is 0 Å². The Morgan fingerprint density at radius 1 is 1.24 bits per heavy atom. The van der Waals surface area contributed by atoms with E-state index in [0.717, 1.165) is 25.9 Å². The molecule has 5 nitrogen and oxygen atoms in total. The van der Waals surface area contributed by atoms with Crippen molar-refractivity contribution in [2.45, 2.75) is 32.6 Å². The van der Waals surface area contributed by atoms with E-state index in [1.165, 1.54) is 13.3 Å². The Labute approximate surface area is 125 Å². The van der Waals surface area contributed by atoms with Gasteiger partial charge < -0.3 is 15.4 Å². The molecule has 0 spiro atoms. The molecule has 0 atom stereocenters. The van der Waals surface area contributed by atoms with E-state index in [1.54, 1.807) is 18.2 Å². The van der Waals surface area contributed by atoms with Crippen molar-refractivity contribution in [1.82, 2.24) is 4.90 Å². The van der Waals surface area contributed by atoms with E-state index >= 15 is 0 Å². The maximum absolute atomic E-state index is 12.0. The van der Waals surface area contributed by atoms with Crippen LogP contribution in [0.1, 0.15) is 43.0 Å². The van der Waals surface area contributed by atoms with Gasteiger partial charge in [-0.05, 0) is 44.4 Å². The normalized spacial score (nSPS) is 14.8. The van der Waals surface area contributed by atoms with E-state index in [0.29, 0.717) is 30.0 Å². The Morgan fingerprint density at radius 3 is 2.57 bits per heavy atom. The van der Waals surface area contributed by atoms with Gasteiger partial charge in [-0.1, -0.05) is 0 Å². The highest BCUT2D eigenvalue weighted by Crippen LogP contribution is 2.23. The summed E-state index contributed by atoms with van der Waals surface area (Å²) in [6.07, 6.45) is 3.74. The minimum atomic E-state index is -0.0338. The van der Waals surface area contributed by atoms with Gasteiger partial charge in [-0.3, -0.25) is 9.59 Å². The SMILES string of the molecule is CC(=O)c1ccc(OCCC(=O)N2CCCCC2)c(N)c1. The Morgan fingerprint density at radius 2 is 1.95 bits per heavy atom. The lowest BCUT2D eigenvalue weighted by atomic mass is 10.1. The molecule has 0 aromatic heterocycles. The minimum Gasteiger partial charge on any atom is -0.491 e. The summed E-state index contributed by atoms with van der Waals surface area (Å²) in [6, 6.07) is 4.96. The average molecular weight is 290 g/mol. The third-order valence-corrected chi connectivity index (χ3v) is 3.70. The third kappa shape index (κ3) is 4.21. The number of anilines is 1. The zero-order chi connectivity index (χ0) is 15.2. The molecule has 1 aliphatic heterocycles. The first-order valence-electron chi connectivity index (χ1n) is 7.39. The highest BCUT2D eigenvalue weighted by Gasteiger charge is 2.16. The van der Waals surface area contributed by atoms with Crippen LogP contribution in [0.5, 0.6) is 5.75 Å². The first kappa shape index (κ1) is 15.4. The van der Waals surface area contributed by atoms with Crippen molar-refractivity contribution in [2.24, 2.45) is 0 Å².